The van der Waals surface area contributed by atoms with Crippen LogP contribution in [0.25, 0.3) is 0 Å². The van der Waals surface area contributed by atoms with E-state index in [2.05, 4.69) is 5.32 Å². The number of sulfonamides is 1. The normalized spacial score (nSPS) is 11.9. The summed E-state index contributed by atoms with van der Waals surface area (Å²) >= 11 is 6.07. The van der Waals surface area contributed by atoms with Gasteiger partial charge in [-0.25, -0.2) is 8.42 Å². The van der Waals surface area contributed by atoms with E-state index in [4.69, 9.17) is 21.1 Å². The molecule has 0 aliphatic rings. The molecule has 0 aliphatic heterocycles. The first-order chi connectivity index (χ1) is 18.7. The molecule has 0 bridgehead atoms. The SMILES string of the molecule is COc1ccc(S(=O)(=O)N(CC(=O)NC(c2ccccc2)c2cccc(C)c2)c2ccc(Cl)cc2)cc1OC. The van der Waals surface area contributed by atoms with Crippen LogP contribution < -0.4 is 19.1 Å². The highest BCUT2D eigenvalue weighted by atomic mass is 35.5. The van der Waals surface area contributed by atoms with Gasteiger partial charge < -0.3 is 14.8 Å². The highest BCUT2D eigenvalue weighted by Gasteiger charge is 2.29. The number of ether oxygens (including phenoxy) is 2. The average molecular weight is 565 g/mol. The molecule has 0 spiro atoms. The molecule has 0 aliphatic carbocycles. The number of hydrogen-bond acceptors (Lipinski definition) is 5. The van der Waals surface area contributed by atoms with E-state index in [1.54, 1.807) is 24.3 Å². The van der Waals surface area contributed by atoms with Gasteiger partial charge in [-0.1, -0.05) is 71.8 Å². The molecule has 1 amide bonds. The monoisotopic (exact) mass is 564 g/mol. The van der Waals surface area contributed by atoms with E-state index in [0.717, 1.165) is 21.0 Å². The van der Waals surface area contributed by atoms with Crippen molar-refractivity contribution < 1.29 is 22.7 Å². The standard InChI is InChI=1S/C30H29ClN2O5S/c1-21-8-7-11-23(18-21)30(22-9-5-4-6-10-22)32-29(34)20-33(25-14-12-24(31)13-15-25)39(35,36)26-16-17-27(37-2)28(19-26)38-3/h4-19,30H,20H2,1-3H3,(H,32,34). The molecule has 4 aromatic carbocycles. The first-order valence-electron chi connectivity index (χ1n) is 12.1. The predicted molar refractivity (Wildman–Crippen MR) is 153 cm³/mol. The van der Waals surface area contributed by atoms with Crippen molar-refractivity contribution in [1.29, 1.82) is 0 Å². The number of nitrogens with one attached hydrogen (secondary N) is 1. The van der Waals surface area contributed by atoms with E-state index in [-0.39, 0.29) is 16.3 Å². The van der Waals surface area contributed by atoms with E-state index in [9.17, 15) is 13.2 Å². The Kier molecular flexibility index (Phi) is 8.79. The molecule has 202 valence electrons. The van der Waals surface area contributed by atoms with Crippen molar-refractivity contribution in [3.05, 3.63) is 119 Å². The molecule has 1 atom stereocenters. The smallest absolute Gasteiger partial charge is 0.264 e. The van der Waals surface area contributed by atoms with Gasteiger partial charge in [0.05, 0.1) is 30.8 Å². The third kappa shape index (κ3) is 6.53. The van der Waals surface area contributed by atoms with E-state index >= 15 is 0 Å². The summed E-state index contributed by atoms with van der Waals surface area (Å²) in [5, 5.41) is 3.48. The van der Waals surface area contributed by atoms with Crippen LogP contribution in [0.15, 0.2) is 102 Å². The third-order valence-electron chi connectivity index (χ3n) is 6.16. The van der Waals surface area contributed by atoms with Crippen molar-refractivity contribution in [2.75, 3.05) is 25.1 Å². The van der Waals surface area contributed by atoms with Crippen LogP contribution in [0.4, 0.5) is 5.69 Å². The van der Waals surface area contributed by atoms with Crippen molar-refractivity contribution in [2.45, 2.75) is 17.9 Å². The highest BCUT2D eigenvalue weighted by Crippen LogP contribution is 2.32. The van der Waals surface area contributed by atoms with Crippen molar-refractivity contribution in [3.8, 4) is 11.5 Å². The molecular weight excluding hydrogens is 536 g/mol. The van der Waals surface area contributed by atoms with Crippen molar-refractivity contribution >= 4 is 33.2 Å². The van der Waals surface area contributed by atoms with Crippen LogP contribution in [0, 0.1) is 6.92 Å². The van der Waals surface area contributed by atoms with Gasteiger partial charge in [-0.15, -0.1) is 0 Å². The number of nitrogens with zero attached hydrogens (tertiary/aromatic N) is 1. The Bertz CT molecular complexity index is 1540. The Balaban J connectivity index is 1.71. The summed E-state index contributed by atoms with van der Waals surface area (Å²) in [7, 11) is -1.31. The summed E-state index contributed by atoms with van der Waals surface area (Å²) in [5.74, 6) is 0.156. The number of benzene rings is 4. The fraction of sp³-hybridized carbons (Fsp3) is 0.167. The quantitative estimate of drug-likeness (QED) is 0.264. The molecule has 0 aromatic heterocycles. The van der Waals surface area contributed by atoms with Gasteiger partial charge in [0.2, 0.25) is 5.91 Å². The fourth-order valence-electron chi connectivity index (χ4n) is 4.22. The molecule has 1 N–H and O–H groups in total. The molecule has 4 rings (SSSR count). The zero-order chi connectivity index (χ0) is 28.0. The summed E-state index contributed by atoms with van der Waals surface area (Å²) in [4.78, 5) is 13.5. The number of carbonyl (C=O) groups excluding carboxylic acids is 1. The lowest BCUT2D eigenvalue weighted by atomic mass is 9.97. The molecule has 0 saturated heterocycles. The van der Waals surface area contributed by atoms with Crippen LogP contribution in [0.1, 0.15) is 22.7 Å². The fourth-order valence-corrected chi connectivity index (χ4v) is 5.78. The van der Waals surface area contributed by atoms with Crippen LogP contribution >= 0.6 is 11.6 Å². The lowest BCUT2D eigenvalue weighted by Gasteiger charge is -2.26. The van der Waals surface area contributed by atoms with Crippen LogP contribution in [0.3, 0.4) is 0 Å². The maximum Gasteiger partial charge on any atom is 0.264 e. The number of hydrogen-bond donors (Lipinski definition) is 1. The molecule has 4 aromatic rings. The number of methoxy groups -OCH3 is 2. The first-order valence-corrected chi connectivity index (χ1v) is 14.0. The van der Waals surface area contributed by atoms with E-state index in [1.807, 2.05) is 61.5 Å². The molecule has 0 saturated carbocycles. The number of anilines is 1. The summed E-state index contributed by atoms with van der Waals surface area (Å²) in [6, 6.07) is 27.4. The van der Waals surface area contributed by atoms with Gasteiger partial charge in [-0.05, 0) is 54.4 Å². The minimum absolute atomic E-state index is 0.0545. The van der Waals surface area contributed by atoms with E-state index < -0.39 is 28.5 Å². The van der Waals surface area contributed by atoms with Crippen LogP contribution in [-0.2, 0) is 14.8 Å². The van der Waals surface area contributed by atoms with Gasteiger partial charge in [-0.2, -0.15) is 0 Å². The highest BCUT2D eigenvalue weighted by molar-refractivity contribution is 7.92. The van der Waals surface area contributed by atoms with Crippen molar-refractivity contribution in [2.24, 2.45) is 0 Å². The first kappa shape index (κ1) is 28.0. The Morgan fingerprint density at radius 1 is 0.846 bits per heavy atom. The topological polar surface area (TPSA) is 84.9 Å². The van der Waals surface area contributed by atoms with Gasteiger partial charge in [-0.3, -0.25) is 9.10 Å². The second-order valence-electron chi connectivity index (χ2n) is 8.83. The van der Waals surface area contributed by atoms with E-state index in [1.165, 1.54) is 32.4 Å². The van der Waals surface area contributed by atoms with Gasteiger partial charge in [0, 0.05) is 11.1 Å². The second-order valence-corrected chi connectivity index (χ2v) is 11.1. The number of aryl methyl sites for hydroxylation is 1. The lowest BCUT2D eigenvalue weighted by Crippen LogP contribution is -2.42. The maximum absolute atomic E-state index is 13.9. The van der Waals surface area contributed by atoms with Gasteiger partial charge in [0.15, 0.2) is 11.5 Å². The average Bonchev–Trinajstić information content (AvgIpc) is 2.95. The Labute approximate surface area is 234 Å². The van der Waals surface area contributed by atoms with Crippen LogP contribution in [0.2, 0.25) is 5.02 Å². The molecule has 9 heteroatoms. The maximum atomic E-state index is 13.9. The van der Waals surface area contributed by atoms with E-state index in [0.29, 0.717) is 10.8 Å². The zero-order valence-corrected chi connectivity index (χ0v) is 23.4. The van der Waals surface area contributed by atoms with Crippen molar-refractivity contribution in [1.82, 2.24) is 5.32 Å². The van der Waals surface area contributed by atoms with Gasteiger partial charge in [0.25, 0.3) is 10.0 Å². The summed E-state index contributed by atoms with van der Waals surface area (Å²) < 4.78 is 39.4. The number of halogens is 1. The number of rotatable bonds is 10. The summed E-state index contributed by atoms with van der Waals surface area (Å²) in [6.45, 7) is 1.51. The Morgan fingerprint density at radius 2 is 1.51 bits per heavy atom. The molecule has 7 nitrogen and oxygen atoms in total. The second kappa shape index (κ2) is 12.2. The van der Waals surface area contributed by atoms with Crippen molar-refractivity contribution in [3.63, 3.8) is 0 Å². The molecule has 0 heterocycles. The Hall–Kier alpha value is -4.01. The van der Waals surface area contributed by atoms with Gasteiger partial charge in [0.1, 0.15) is 6.54 Å². The minimum atomic E-state index is -4.20. The lowest BCUT2D eigenvalue weighted by molar-refractivity contribution is -0.120. The molecule has 0 radical (unpaired) electrons. The number of amides is 1. The summed E-state index contributed by atoms with van der Waals surface area (Å²) in [6.07, 6.45) is 0. The third-order valence-corrected chi connectivity index (χ3v) is 8.18. The number of carbonyl (C=O) groups is 1. The molecule has 39 heavy (non-hydrogen) atoms. The minimum Gasteiger partial charge on any atom is -0.493 e. The zero-order valence-electron chi connectivity index (χ0n) is 21.8. The van der Waals surface area contributed by atoms with Crippen LogP contribution in [-0.4, -0.2) is 35.1 Å². The largest absolute Gasteiger partial charge is 0.493 e. The molecule has 0 fully saturated rings. The van der Waals surface area contributed by atoms with Gasteiger partial charge >= 0.3 is 0 Å². The summed E-state index contributed by atoms with van der Waals surface area (Å²) in [5.41, 5.74) is 3.09. The Morgan fingerprint density at radius 3 is 2.15 bits per heavy atom. The van der Waals surface area contributed by atoms with Crippen LogP contribution in [0.5, 0.6) is 11.5 Å². The molecular formula is C30H29ClN2O5S. The molecule has 1 unspecified atom stereocenters. The predicted octanol–water partition coefficient (Wildman–Crippen LogP) is 5.77.